The van der Waals surface area contributed by atoms with Crippen LogP contribution in [0.2, 0.25) is 10.0 Å². The van der Waals surface area contributed by atoms with Crippen molar-refractivity contribution in [2.75, 3.05) is 121 Å². The summed E-state index contributed by atoms with van der Waals surface area (Å²) in [5.41, 5.74) is 14.7. The SMILES string of the molecule is CCN1CCN(c2ccc(N)cc2)CC1.CCN1CCN(c2ccc(Nc3ncc4cc(-c5cc(OC)cc(OC)c5Cl)c5ncnn5c4n3)cc2)CC1.COc1cc(OC)c(Cl)c(-c2cc3cnc(S(C)(=O)=O)nc3n3ncnc23)c1. The molecule has 4 aromatic carbocycles. The molecule has 0 amide bonds. The highest BCUT2D eigenvalue weighted by molar-refractivity contribution is 7.90. The average molecular weight is 1170 g/mol. The van der Waals surface area contributed by atoms with Crippen LogP contribution in [0.5, 0.6) is 23.0 Å². The maximum absolute atomic E-state index is 11.8. The van der Waals surface area contributed by atoms with Gasteiger partial charge >= 0.3 is 0 Å². The Morgan fingerprint density at radius 2 is 1.00 bits per heavy atom. The number of aromatic nitrogens is 10. The van der Waals surface area contributed by atoms with Crippen molar-refractivity contribution < 1.29 is 27.4 Å². The first-order valence-electron chi connectivity index (χ1n) is 26.4. The van der Waals surface area contributed by atoms with E-state index in [9.17, 15) is 8.42 Å². The molecule has 8 heterocycles. The number of pyridine rings is 2. The highest BCUT2D eigenvalue weighted by Gasteiger charge is 2.23. The van der Waals surface area contributed by atoms with E-state index in [1.807, 2.05) is 24.3 Å². The zero-order valence-electron chi connectivity index (χ0n) is 46.4. The molecule has 82 heavy (non-hydrogen) atoms. The second-order valence-electron chi connectivity index (χ2n) is 19.3. The van der Waals surface area contributed by atoms with E-state index in [2.05, 4.69) is 110 Å². The number of sulfone groups is 1. The number of fused-ring (bicyclic) bond motifs is 6. The van der Waals surface area contributed by atoms with Crippen molar-refractivity contribution in [2.24, 2.45) is 0 Å². The molecule has 25 heteroatoms. The second-order valence-corrected chi connectivity index (χ2v) is 21.9. The van der Waals surface area contributed by atoms with Gasteiger partial charge in [-0.15, -0.1) is 0 Å². The van der Waals surface area contributed by atoms with Crippen LogP contribution in [0.15, 0.2) is 115 Å². The molecule has 22 nitrogen and oxygen atoms in total. The Kier molecular flexibility index (Phi) is 17.2. The predicted molar refractivity (Wildman–Crippen MR) is 322 cm³/mol. The van der Waals surface area contributed by atoms with Crippen LogP contribution in [0.25, 0.3) is 55.6 Å². The van der Waals surface area contributed by atoms with E-state index in [0.717, 1.165) is 80.9 Å². The van der Waals surface area contributed by atoms with Gasteiger partial charge in [0.15, 0.2) is 22.6 Å². The van der Waals surface area contributed by atoms with E-state index in [0.29, 0.717) is 83.7 Å². The normalized spacial score (nSPS) is 14.1. The molecule has 6 aromatic heterocycles. The summed E-state index contributed by atoms with van der Waals surface area (Å²) in [5.74, 6) is 2.59. The van der Waals surface area contributed by atoms with Crippen molar-refractivity contribution >= 4 is 95.1 Å². The van der Waals surface area contributed by atoms with Gasteiger partial charge in [0.1, 0.15) is 35.7 Å². The van der Waals surface area contributed by atoms with Gasteiger partial charge in [0.25, 0.3) is 0 Å². The lowest BCUT2D eigenvalue weighted by atomic mass is 10.0. The van der Waals surface area contributed by atoms with Crippen LogP contribution in [0.3, 0.4) is 0 Å². The van der Waals surface area contributed by atoms with Gasteiger partial charge in [-0.2, -0.15) is 29.2 Å². The fourth-order valence-corrected chi connectivity index (χ4v) is 10.9. The molecule has 2 aliphatic rings. The molecule has 2 saturated heterocycles. The lowest BCUT2D eigenvalue weighted by Crippen LogP contribution is -2.46. The van der Waals surface area contributed by atoms with Crippen LogP contribution >= 0.6 is 23.2 Å². The van der Waals surface area contributed by atoms with Gasteiger partial charge in [-0.25, -0.2) is 28.4 Å². The highest BCUT2D eigenvalue weighted by Crippen LogP contribution is 2.43. The monoisotopic (exact) mass is 1170 g/mol. The molecule has 0 atom stereocenters. The van der Waals surface area contributed by atoms with Gasteiger partial charge in [0, 0.05) is 139 Å². The minimum absolute atomic E-state index is 0.286. The van der Waals surface area contributed by atoms with Crippen LogP contribution < -0.4 is 39.8 Å². The average Bonchev–Trinajstić information content (AvgIpc) is 4.24. The van der Waals surface area contributed by atoms with E-state index < -0.39 is 9.84 Å². The summed E-state index contributed by atoms with van der Waals surface area (Å²) in [7, 11) is 2.65. The number of ether oxygens (including phenoxy) is 4. The van der Waals surface area contributed by atoms with E-state index in [-0.39, 0.29) is 5.16 Å². The maximum atomic E-state index is 11.8. The van der Waals surface area contributed by atoms with E-state index >= 15 is 0 Å². The molecule has 0 unspecified atom stereocenters. The number of nitrogens with one attached hydrogen (secondary N) is 1. The maximum Gasteiger partial charge on any atom is 0.248 e. The zero-order valence-corrected chi connectivity index (χ0v) is 48.7. The van der Waals surface area contributed by atoms with E-state index in [1.54, 1.807) is 56.3 Å². The number of nitrogens with two attached hydrogens (primary N) is 1. The van der Waals surface area contributed by atoms with Crippen LogP contribution in [0.1, 0.15) is 13.8 Å². The number of piperazine rings is 2. The molecule has 0 radical (unpaired) electrons. The first-order chi connectivity index (χ1) is 39.7. The number of nitrogens with zero attached hydrogens (tertiary/aromatic N) is 14. The molecule has 3 N–H and O–H groups in total. The van der Waals surface area contributed by atoms with Crippen molar-refractivity contribution in [1.29, 1.82) is 0 Å². The Balaban J connectivity index is 0.000000152. The number of anilines is 5. The number of benzene rings is 4. The quantitative estimate of drug-likeness (QED) is 0.0811. The fourth-order valence-electron chi connectivity index (χ4n) is 9.81. The van der Waals surface area contributed by atoms with Crippen LogP contribution in [-0.4, -0.2) is 167 Å². The molecule has 2 aliphatic heterocycles. The molecular weight excluding hydrogens is 1110 g/mol. The Morgan fingerprint density at radius 1 is 0.549 bits per heavy atom. The predicted octanol–water partition coefficient (Wildman–Crippen LogP) is 8.72. The summed E-state index contributed by atoms with van der Waals surface area (Å²) in [6, 6.07) is 27.3. The first kappa shape index (κ1) is 56.9. The summed E-state index contributed by atoms with van der Waals surface area (Å²) in [4.78, 5) is 36.0. The third-order valence-electron chi connectivity index (χ3n) is 14.4. The summed E-state index contributed by atoms with van der Waals surface area (Å²) in [6.07, 6.45) is 7.09. The van der Waals surface area contributed by atoms with Gasteiger partial charge in [-0.3, -0.25) is 0 Å². The number of nitrogen functional groups attached to an aromatic ring is 1. The Hall–Kier alpha value is -8.35. The molecule has 12 rings (SSSR count). The van der Waals surface area contributed by atoms with Crippen molar-refractivity contribution in [1.82, 2.24) is 58.9 Å². The van der Waals surface area contributed by atoms with Gasteiger partial charge in [-0.05, 0) is 85.9 Å². The number of likely N-dealkylation sites (N-methyl/N-ethyl adjacent to an activating group) is 2. The summed E-state index contributed by atoms with van der Waals surface area (Å²) >= 11 is 13.2. The van der Waals surface area contributed by atoms with Gasteiger partial charge < -0.3 is 49.6 Å². The molecule has 0 spiro atoms. The molecular formula is C57H62Cl2N16O6S. The summed E-state index contributed by atoms with van der Waals surface area (Å²) < 4.78 is 48.4. The Labute approximate surface area is 484 Å². The van der Waals surface area contributed by atoms with E-state index in [1.165, 1.54) is 54.9 Å². The standard InChI is InChI=1S/C28H29ClN8O2.C17H14ClN5O4S.C12H19N3/c1-4-35-9-11-36(12-10-35)20-7-5-19(6-8-20)33-28-30-16-18-13-23(27-31-17-32-37(27)26(18)34-28)22-14-21(38-2)15-24(39-3)25(22)29;1-26-10-5-11(14(18)13(6-10)27-2)12-4-9-7-19-17(28(3,24)25)22-15(9)23-16(12)20-8-21-23;1-2-14-7-9-15(10-8-14)12-5-3-11(13)4-6-12/h5-8,13-17H,4,9-12H2,1-3H3,(H,30,33,34);4-8H,1-3H3;3-6H,2,7-10,13H2,1H3. The first-order valence-corrected chi connectivity index (χ1v) is 29.0. The second kappa shape index (κ2) is 24.8. The van der Waals surface area contributed by atoms with Gasteiger partial charge in [0.2, 0.25) is 20.9 Å². The molecule has 426 valence electrons. The largest absolute Gasteiger partial charge is 0.497 e. The lowest BCUT2D eigenvalue weighted by molar-refractivity contribution is 0.271. The van der Waals surface area contributed by atoms with Crippen molar-refractivity contribution in [3.8, 4) is 45.3 Å². The molecule has 0 saturated carbocycles. The number of rotatable bonds is 13. The summed E-state index contributed by atoms with van der Waals surface area (Å²) in [5, 5.41) is 13.8. The van der Waals surface area contributed by atoms with Crippen LogP contribution in [0, 0.1) is 0 Å². The molecule has 0 aliphatic carbocycles. The van der Waals surface area contributed by atoms with Crippen molar-refractivity contribution in [3.63, 3.8) is 0 Å². The third kappa shape index (κ3) is 12.1. The minimum atomic E-state index is -3.57. The Morgan fingerprint density at radius 3 is 1.44 bits per heavy atom. The minimum Gasteiger partial charge on any atom is -0.497 e. The smallest absolute Gasteiger partial charge is 0.248 e. The molecule has 2 fully saturated rings. The molecule has 10 aromatic rings. The highest BCUT2D eigenvalue weighted by atomic mass is 35.5. The van der Waals surface area contributed by atoms with Gasteiger partial charge in [-0.1, -0.05) is 37.0 Å². The number of halogens is 2. The van der Waals surface area contributed by atoms with Crippen molar-refractivity contribution in [2.45, 2.75) is 19.0 Å². The number of methoxy groups -OCH3 is 4. The fraction of sp³-hybridized carbons (Fsp3) is 0.298. The third-order valence-corrected chi connectivity index (χ3v) is 16.0. The van der Waals surface area contributed by atoms with E-state index in [4.69, 9.17) is 52.9 Å². The van der Waals surface area contributed by atoms with Crippen molar-refractivity contribution in [3.05, 3.63) is 120 Å². The Bertz CT molecular complexity index is 4010. The van der Waals surface area contributed by atoms with Crippen LogP contribution in [0.4, 0.5) is 28.7 Å². The topological polar surface area (TPSA) is 234 Å². The van der Waals surface area contributed by atoms with Crippen LogP contribution in [-0.2, 0) is 9.84 Å². The number of hydrogen-bond acceptors (Lipinski definition) is 20. The number of hydrogen-bond donors (Lipinski definition) is 2. The lowest BCUT2D eigenvalue weighted by Gasteiger charge is -2.35. The zero-order chi connectivity index (χ0) is 57.7. The van der Waals surface area contributed by atoms with Gasteiger partial charge in [0.05, 0.1) is 38.5 Å². The molecule has 0 bridgehead atoms. The summed E-state index contributed by atoms with van der Waals surface area (Å²) in [6.45, 7) is 15.6.